The van der Waals surface area contributed by atoms with Gasteiger partial charge in [-0.3, -0.25) is 4.21 Å². The van der Waals surface area contributed by atoms with Crippen molar-refractivity contribution in [1.29, 1.82) is 0 Å². The van der Waals surface area contributed by atoms with Gasteiger partial charge in [0.05, 0.1) is 6.10 Å². The summed E-state index contributed by atoms with van der Waals surface area (Å²) >= 11 is -2.33. The van der Waals surface area contributed by atoms with Gasteiger partial charge in [-0.15, -0.1) is 0 Å². The fourth-order valence-electron chi connectivity index (χ4n) is 0.442. The minimum atomic E-state index is -2.33. The van der Waals surface area contributed by atoms with E-state index in [-0.39, 0.29) is 6.61 Å². The number of hydrogen-bond acceptors (Lipinski definition) is 5. The first kappa shape index (κ1) is 11.3. The van der Waals surface area contributed by atoms with E-state index in [4.69, 9.17) is 5.11 Å². The molecule has 70 valence electrons. The van der Waals surface area contributed by atoms with Gasteiger partial charge in [-0.1, -0.05) is 17.7 Å². The van der Waals surface area contributed by atoms with E-state index in [1.807, 2.05) is 0 Å². The molecule has 0 radical (unpaired) electrons. The second-order valence-electron chi connectivity index (χ2n) is 1.96. The Hall–Kier alpha value is -0.720. The van der Waals surface area contributed by atoms with Crippen LogP contribution in [-0.4, -0.2) is 38.3 Å². The highest BCUT2D eigenvalue weighted by Gasteiger charge is 2.06. The van der Waals surface area contributed by atoms with Gasteiger partial charge in [0.25, 0.3) is 0 Å². The molecule has 0 aliphatic rings. The van der Waals surface area contributed by atoms with Gasteiger partial charge in [0.1, 0.15) is 6.61 Å². The van der Waals surface area contributed by atoms with Crippen molar-refractivity contribution in [2.45, 2.75) is 6.10 Å². The highest BCUT2D eigenvalue weighted by atomic mass is 32.2. The predicted molar refractivity (Wildman–Crippen MR) is 40.9 cm³/mol. The van der Waals surface area contributed by atoms with Gasteiger partial charge in [0, 0.05) is 11.8 Å². The Kier molecular flexibility index (Phi) is 5.52. The summed E-state index contributed by atoms with van der Waals surface area (Å²) in [6.45, 7) is 2.79. The molecular weight excluding hydrogens is 184 g/mol. The average Bonchev–Trinajstić information content (AvgIpc) is 1.99. The van der Waals surface area contributed by atoms with E-state index in [2.05, 4.69) is 11.3 Å². The quantitative estimate of drug-likeness (QED) is 0.342. The van der Waals surface area contributed by atoms with Gasteiger partial charge in [0.15, 0.2) is 0 Å². The van der Waals surface area contributed by atoms with Crippen molar-refractivity contribution < 1.29 is 23.4 Å². The van der Waals surface area contributed by atoms with Crippen LogP contribution in [0.3, 0.4) is 0 Å². The fourth-order valence-corrected chi connectivity index (χ4v) is 0.853. The number of ether oxygens (including phenoxy) is 1. The van der Waals surface area contributed by atoms with Crippen LogP contribution in [0.5, 0.6) is 0 Å². The third-order valence-corrected chi connectivity index (χ3v) is 1.57. The Morgan fingerprint density at radius 3 is 2.83 bits per heavy atom. The molecule has 0 fully saturated rings. The molecule has 5 nitrogen and oxygen atoms in total. The van der Waals surface area contributed by atoms with Crippen LogP contribution in [0.25, 0.3) is 0 Å². The van der Waals surface area contributed by atoms with E-state index in [1.165, 1.54) is 0 Å². The van der Waals surface area contributed by atoms with E-state index < -0.39 is 28.9 Å². The van der Waals surface area contributed by atoms with E-state index in [0.29, 0.717) is 0 Å². The molecule has 0 heterocycles. The molecule has 0 saturated carbocycles. The monoisotopic (exact) mass is 193 g/mol. The molecule has 0 spiro atoms. The molecule has 0 rings (SSSR count). The van der Waals surface area contributed by atoms with Gasteiger partial charge in [-0.2, -0.15) is 0 Å². The van der Waals surface area contributed by atoms with Crippen molar-refractivity contribution in [3.63, 3.8) is 0 Å². The van der Waals surface area contributed by atoms with Crippen LogP contribution < -0.4 is 0 Å². The molecule has 0 saturated heterocycles. The Morgan fingerprint density at radius 2 is 2.42 bits per heavy atom. The number of hydrogen-bond donors (Lipinski definition) is 1. The summed E-state index contributed by atoms with van der Waals surface area (Å²) in [5, 5.41) is 8.86. The molecule has 6 heteroatoms. The minimum absolute atomic E-state index is 0.334. The van der Waals surface area contributed by atoms with E-state index in [9.17, 15) is 13.6 Å². The lowest BCUT2D eigenvalue weighted by Crippen LogP contribution is -2.23. The summed E-state index contributed by atoms with van der Waals surface area (Å²) < 4.78 is 24.4. The average molecular weight is 193 g/mol. The minimum Gasteiger partial charge on any atom is -0.772 e. The van der Waals surface area contributed by atoms with Crippen molar-refractivity contribution in [2.24, 2.45) is 0 Å². The zero-order valence-electron chi connectivity index (χ0n) is 6.26. The van der Waals surface area contributed by atoms with Crippen LogP contribution in [0.4, 0.5) is 0 Å². The lowest BCUT2D eigenvalue weighted by molar-refractivity contribution is -0.140. The molecule has 12 heavy (non-hydrogen) atoms. The Bertz CT molecular complexity index is 190. The van der Waals surface area contributed by atoms with Crippen LogP contribution in [0.1, 0.15) is 0 Å². The summed E-state index contributed by atoms with van der Waals surface area (Å²) in [7, 11) is 0. The number of aliphatic hydroxyl groups excluding tert-OH is 1. The molecule has 0 aromatic rings. The van der Waals surface area contributed by atoms with Crippen molar-refractivity contribution in [3.8, 4) is 0 Å². The van der Waals surface area contributed by atoms with Crippen LogP contribution in [0.2, 0.25) is 0 Å². The Morgan fingerprint density at radius 1 is 1.83 bits per heavy atom. The maximum absolute atomic E-state index is 10.4. The predicted octanol–water partition coefficient (Wildman–Crippen LogP) is -1.04. The topological polar surface area (TPSA) is 86.7 Å². The van der Waals surface area contributed by atoms with Gasteiger partial charge in [-0.05, 0) is 0 Å². The fraction of sp³-hybridized carbons (Fsp3) is 0.500. The van der Waals surface area contributed by atoms with Gasteiger partial charge in [0.2, 0.25) is 0 Å². The third-order valence-electron chi connectivity index (χ3n) is 0.913. The summed E-state index contributed by atoms with van der Waals surface area (Å²) in [6, 6.07) is 0. The summed E-state index contributed by atoms with van der Waals surface area (Å²) in [5.74, 6) is -1.13. The molecule has 0 amide bonds. The van der Waals surface area contributed by atoms with Crippen LogP contribution in [0.15, 0.2) is 12.7 Å². The number of carbonyl (C=O) groups excluding carboxylic acids is 1. The first-order chi connectivity index (χ1) is 5.56. The molecule has 1 N–H and O–H groups in total. The maximum atomic E-state index is 10.4. The summed E-state index contributed by atoms with van der Waals surface area (Å²) in [6.07, 6.45) is -0.242. The maximum Gasteiger partial charge on any atom is 0.330 e. The highest BCUT2D eigenvalue weighted by molar-refractivity contribution is 7.79. The zero-order valence-corrected chi connectivity index (χ0v) is 7.08. The zero-order chi connectivity index (χ0) is 9.56. The molecule has 2 unspecified atom stereocenters. The number of aliphatic hydroxyl groups is 1. The van der Waals surface area contributed by atoms with Crippen molar-refractivity contribution in [2.75, 3.05) is 12.4 Å². The van der Waals surface area contributed by atoms with Crippen LogP contribution in [-0.2, 0) is 20.6 Å². The van der Waals surface area contributed by atoms with E-state index >= 15 is 0 Å². The molecule has 2 atom stereocenters. The molecular formula is C6H9O5S-. The number of carbonyl (C=O) groups is 1. The van der Waals surface area contributed by atoms with Gasteiger partial charge in [-0.25, -0.2) is 4.79 Å². The molecule has 0 aromatic heterocycles. The number of rotatable bonds is 5. The first-order valence-corrected chi connectivity index (χ1v) is 4.33. The molecule has 0 bridgehead atoms. The first-order valence-electron chi connectivity index (χ1n) is 3.09. The summed E-state index contributed by atoms with van der Waals surface area (Å²) in [5.41, 5.74) is 0. The Labute approximate surface area is 72.3 Å². The van der Waals surface area contributed by atoms with Gasteiger partial charge < -0.3 is 14.4 Å². The van der Waals surface area contributed by atoms with Crippen molar-refractivity contribution in [1.82, 2.24) is 0 Å². The molecule has 0 aliphatic carbocycles. The normalized spacial score (nSPS) is 14.8. The van der Waals surface area contributed by atoms with E-state index in [0.717, 1.165) is 6.08 Å². The lowest BCUT2D eigenvalue weighted by Gasteiger charge is -2.11. The third kappa shape index (κ3) is 6.02. The molecule has 0 aromatic carbocycles. The van der Waals surface area contributed by atoms with Crippen molar-refractivity contribution >= 4 is 17.0 Å². The van der Waals surface area contributed by atoms with Crippen molar-refractivity contribution in [3.05, 3.63) is 12.7 Å². The second kappa shape index (κ2) is 5.87. The van der Waals surface area contributed by atoms with E-state index in [1.54, 1.807) is 0 Å². The van der Waals surface area contributed by atoms with Gasteiger partial charge >= 0.3 is 5.97 Å². The lowest BCUT2D eigenvalue weighted by atomic mass is 10.4. The van der Waals surface area contributed by atoms with Crippen LogP contribution >= 0.6 is 0 Å². The Balaban J connectivity index is 3.56. The standard InChI is InChI=1S/C6H10O5S/c1-2-6(8)11-3-5(7)4-12(9)10/h2,5,7H,1,3-4H2,(H,9,10)/p-1. The largest absolute Gasteiger partial charge is 0.772 e. The van der Waals surface area contributed by atoms with Crippen LogP contribution in [0, 0.1) is 0 Å². The second-order valence-corrected chi connectivity index (χ2v) is 2.90. The molecule has 0 aliphatic heterocycles. The smallest absolute Gasteiger partial charge is 0.330 e. The summed E-state index contributed by atoms with van der Waals surface area (Å²) in [4.78, 5) is 10.4. The SMILES string of the molecule is C=CC(=O)OCC(O)CS(=O)[O-]. The number of esters is 1. The highest BCUT2D eigenvalue weighted by Crippen LogP contribution is 1.89.